The Hall–Kier alpha value is -7.63. The van der Waals surface area contributed by atoms with E-state index in [0.29, 0.717) is 17.6 Å². The van der Waals surface area contributed by atoms with Crippen molar-refractivity contribution in [2.45, 2.75) is 0 Å². The maximum absolute atomic E-state index is 5.30. The van der Waals surface area contributed by atoms with Crippen molar-refractivity contribution in [3.05, 3.63) is 200 Å². The van der Waals surface area contributed by atoms with E-state index >= 15 is 0 Å². The van der Waals surface area contributed by atoms with E-state index in [1.807, 2.05) is 36.4 Å². The maximum Gasteiger partial charge on any atom is 0.238 e. The van der Waals surface area contributed by atoms with E-state index in [0.717, 1.165) is 77.3 Å². The predicted octanol–water partition coefficient (Wildman–Crippen LogP) is 12.7. The summed E-state index contributed by atoms with van der Waals surface area (Å²) in [6.45, 7) is 0. The minimum Gasteiger partial charge on any atom is -0.306 e. The highest BCUT2D eigenvalue weighted by Crippen LogP contribution is 2.45. The highest BCUT2D eigenvalue weighted by atomic mass is 15.2. The molecule has 3 aromatic heterocycles. The fourth-order valence-corrected chi connectivity index (χ4v) is 8.32. The smallest absolute Gasteiger partial charge is 0.238 e. The van der Waals surface area contributed by atoms with Gasteiger partial charge in [-0.05, 0) is 23.3 Å². The molecular weight excluding hydrogens is 683 g/mol. The van der Waals surface area contributed by atoms with Gasteiger partial charge in [-0.1, -0.05) is 188 Å². The molecule has 262 valence electrons. The quantitative estimate of drug-likeness (QED) is 0.172. The molecule has 0 aliphatic heterocycles. The number of aromatic nitrogens is 5. The third-order valence-electron chi connectivity index (χ3n) is 10.8. The second-order valence-electron chi connectivity index (χ2n) is 14.0. The molecule has 0 spiro atoms. The van der Waals surface area contributed by atoms with E-state index in [1.165, 1.54) is 5.39 Å². The summed E-state index contributed by atoms with van der Waals surface area (Å²) >= 11 is 0. The van der Waals surface area contributed by atoms with Crippen LogP contribution in [0.15, 0.2) is 200 Å². The van der Waals surface area contributed by atoms with Crippen molar-refractivity contribution in [2.75, 3.05) is 0 Å². The van der Waals surface area contributed by atoms with Gasteiger partial charge in [-0.15, -0.1) is 0 Å². The van der Waals surface area contributed by atoms with Crippen molar-refractivity contribution >= 4 is 43.6 Å². The van der Waals surface area contributed by atoms with Crippen LogP contribution in [0.25, 0.3) is 100 Å². The predicted molar refractivity (Wildman–Crippen MR) is 230 cm³/mol. The summed E-state index contributed by atoms with van der Waals surface area (Å²) in [5.74, 6) is 1.80. The molecule has 0 amide bonds. The minimum absolute atomic E-state index is 0.563. The van der Waals surface area contributed by atoms with Gasteiger partial charge >= 0.3 is 0 Å². The van der Waals surface area contributed by atoms with Gasteiger partial charge in [0.05, 0.1) is 27.8 Å². The molecule has 56 heavy (non-hydrogen) atoms. The summed E-state index contributed by atoms with van der Waals surface area (Å²) in [5, 5.41) is 4.58. The molecule has 5 nitrogen and oxygen atoms in total. The molecule has 8 aromatic carbocycles. The van der Waals surface area contributed by atoms with Gasteiger partial charge in [-0.2, -0.15) is 9.97 Å². The van der Waals surface area contributed by atoms with Crippen molar-refractivity contribution in [1.82, 2.24) is 24.1 Å². The van der Waals surface area contributed by atoms with Crippen LogP contribution in [0.5, 0.6) is 0 Å². The summed E-state index contributed by atoms with van der Waals surface area (Å²) in [7, 11) is 0. The molecule has 0 aliphatic rings. The Morgan fingerprint density at radius 1 is 0.286 bits per heavy atom. The van der Waals surface area contributed by atoms with Gasteiger partial charge in [-0.3, -0.25) is 4.57 Å². The van der Waals surface area contributed by atoms with Crippen molar-refractivity contribution in [2.24, 2.45) is 0 Å². The lowest BCUT2D eigenvalue weighted by molar-refractivity contribution is 0.953. The van der Waals surface area contributed by atoms with Crippen molar-refractivity contribution in [1.29, 1.82) is 0 Å². The first-order valence-corrected chi connectivity index (χ1v) is 18.9. The van der Waals surface area contributed by atoms with Crippen LogP contribution in [-0.2, 0) is 0 Å². The Morgan fingerprint density at radius 3 is 1.16 bits per heavy atom. The summed E-state index contributed by atoms with van der Waals surface area (Å²) in [6.07, 6.45) is 0. The topological polar surface area (TPSA) is 48.5 Å². The molecule has 0 atom stereocenters. The van der Waals surface area contributed by atoms with Gasteiger partial charge in [0.1, 0.15) is 0 Å². The van der Waals surface area contributed by atoms with Crippen molar-refractivity contribution < 1.29 is 0 Å². The largest absolute Gasteiger partial charge is 0.306 e. The van der Waals surface area contributed by atoms with E-state index in [2.05, 4.69) is 173 Å². The van der Waals surface area contributed by atoms with Gasteiger partial charge < -0.3 is 4.57 Å². The first kappa shape index (κ1) is 31.9. The summed E-state index contributed by atoms with van der Waals surface area (Å²) in [5.41, 5.74) is 11.8. The number of rotatable bonds is 6. The summed E-state index contributed by atoms with van der Waals surface area (Å²) < 4.78 is 4.75. The highest BCUT2D eigenvalue weighted by molar-refractivity contribution is 6.24. The number of nitrogens with zero attached hydrogens (tertiary/aromatic N) is 5. The van der Waals surface area contributed by atoms with Gasteiger partial charge in [0.2, 0.25) is 5.95 Å². The third kappa shape index (κ3) is 5.06. The fraction of sp³-hybridized carbons (Fsp3) is 0. The van der Waals surface area contributed by atoms with Gasteiger partial charge in [0.15, 0.2) is 11.6 Å². The Balaban J connectivity index is 1.34. The molecule has 5 heteroatoms. The first-order valence-electron chi connectivity index (χ1n) is 18.9. The van der Waals surface area contributed by atoms with Crippen LogP contribution in [0, 0.1) is 0 Å². The lowest BCUT2D eigenvalue weighted by Crippen LogP contribution is -2.07. The first-order chi connectivity index (χ1) is 27.8. The molecule has 3 heterocycles. The molecule has 0 N–H and O–H groups in total. The van der Waals surface area contributed by atoms with Gasteiger partial charge in [0, 0.05) is 43.8 Å². The summed E-state index contributed by atoms with van der Waals surface area (Å²) in [4.78, 5) is 15.6. The molecule has 11 aromatic rings. The van der Waals surface area contributed by atoms with Crippen LogP contribution < -0.4 is 0 Å². The Labute approximate surface area is 323 Å². The van der Waals surface area contributed by atoms with Gasteiger partial charge in [0.25, 0.3) is 0 Å². The average molecular weight is 716 g/mol. The van der Waals surface area contributed by atoms with E-state index in [1.54, 1.807) is 0 Å². The number of hydrogen-bond acceptors (Lipinski definition) is 3. The van der Waals surface area contributed by atoms with Crippen molar-refractivity contribution in [3.8, 4) is 56.7 Å². The van der Waals surface area contributed by atoms with E-state index < -0.39 is 0 Å². The Morgan fingerprint density at radius 2 is 0.679 bits per heavy atom. The molecule has 0 radical (unpaired) electrons. The van der Waals surface area contributed by atoms with E-state index in [9.17, 15) is 0 Å². The SMILES string of the molecule is c1ccc(-c2nc(-c3ccccc3)nc(-n3c4ccccc4c4ccc5c6ccccc6n(-c6c(-c7ccccc7)cccc6-c6ccccc6)c5c43)n2)cc1. The third-order valence-corrected chi connectivity index (χ3v) is 10.8. The number of fused-ring (bicyclic) bond motifs is 7. The zero-order valence-electron chi connectivity index (χ0n) is 30.3. The van der Waals surface area contributed by atoms with E-state index in [4.69, 9.17) is 15.0 Å². The van der Waals surface area contributed by atoms with Crippen LogP contribution >= 0.6 is 0 Å². The van der Waals surface area contributed by atoms with Crippen LogP contribution in [0.1, 0.15) is 0 Å². The minimum atomic E-state index is 0.563. The molecular formula is C51H33N5. The molecule has 0 bridgehead atoms. The van der Waals surface area contributed by atoms with Gasteiger partial charge in [-0.25, -0.2) is 4.98 Å². The second kappa shape index (κ2) is 13.0. The molecule has 11 rings (SSSR count). The van der Waals surface area contributed by atoms with Crippen LogP contribution in [0.2, 0.25) is 0 Å². The summed E-state index contributed by atoms with van der Waals surface area (Å²) in [6, 6.07) is 70.4. The van der Waals surface area contributed by atoms with Crippen LogP contribution in [0.3, 0.4) is 0 Å². The lowest BCUT2D eigenvalue weighted by atomic mass is 9.95. The molecule has 0 unspecified atom stereocenters. The molecule has 0 saturated carbocycles. The Bertz CT molecular complexity index is 3110. The maximum atomic E-state index is 5.30. The van der Waals surface area contributed by atoms with Crippen molar-refractivity contribution in [3.63, 3.8) is 0 Å². The zero-order valence-corrected chi connectivity index (χ0v) is 30.3. The second-order valence-corrected chi connectivity index (χ2v) is 14.0. The van der Waals surface area contributed by atoms with Crippen LogP contribution in [-0.4, -0.2) is 24.1 Å². The lowest BCUT2D eigenvalue weighted by Gasteiger charge is -2.20. The average Bonchev–Trinajstić information content (AvgIpc) is 3.80. The number of hydrogen-bond donors (Lipinski definition) is 0. The monoisotopic (exact) mass is 715 g/mol. The van der Waals surface area contributed by atoms with E-state index in [-0.39, 0.29) is 0 Å². The molecule has 0 saturated heterocycles. The number of benzene rings is 8. The fourth-order valence-electron chi connectivity index (χ4n) is 8.32. The zero-order chi connectivity index (χ0) is 37.0. The highest BCUT2D eigenvalue weighted by Gasteiger charge is 2.25. The standard InChI is InChI=1S/C51H33N5/c1-5-18-34(19-6-1)38-28-17-29-39(35-20-7-2-8-21-35)46(38)55-44-30-15-13-26-40(44)42-32-33-43-41-27-14-16-31-45(41)56(48(43)47(42)55)51-53-49(36-22-9-3-10-23-36)52-50(54-51)37-24-11-4-12-25-37/h1-33H. The Kier molecular flexibility index (Phi) is 7.42. The molecule has 0 aliphatic carbocycles. The van der Waals surface area contributed by atoms with Crippen LogP contribution in [0.4, 0.5) is 0 Å². The number of para-hydroxylation sites is 3. The normalized spacial score (nSPS) is 11.6. The molecule has 0 fully saturated rings.